The van der Waals surface area contributed by atoms with E-state index < -0.39 is 6.16 Å². The maximum absolute atomic E-state index is 12.4. The Kier molecular flexibility index (Phi) is 11.5. The Morgan fingerprint density at radius 2 is 1.65 bits per heavy atom. The Hall–Kier alpha value is -0.990. The van der Waals surface area contributed by atoms with E-state index in [2.05, 4.69) is 47.6 Å². The van der Waals surface area contributed by atoms with E-state index in [0.29, 0.717) is 17.4 Å². The van der Waals surface area contributed by atoms with Crippen molar-refractivity contribution in [2.45, 2.75) is 163 Å². The Morgan fingerprint density at radius 1 is 0.900 bits per heavy atom. The molecule has 230 valence electrons. The van der Waals surface area contributed by atoms with Gasteiger partial charge in [-0.15, -0.1) is 0 Å². The summed E-state index contributed by atoms with van der Waals surface area (Å²) in [5.74, 6) is 5.18. The average molecular weight is 557 g/mol. The number of hydrogen-bond acceptors (Lipinski definition) is 3. The molecule has 0 saturated heterocycles. The number of rotatable bonds is 14. The highest BCUT2D eigenvalue weighted by Gasteiger charge is 2.59. The fraction of sp³-hybridized carbons (Fsp3) is 0.919. The molecule has 3 heteroatoms. The minimum absolute atomic E-state index is 0.00572. The monoisotopic (exact) mass is 556 g/mol. The summed E-state index contributed by atoms with van der Waals surface area (Å²) in [6.07, 6.45) is 25.0. The van der Waals surface area contributed by atoms with E-state index in [1.54, 1.807) is 5.57 Å². The number of carbonyl (C=O) groups excluding carboxylic acids is 1. The Balaban J connectivity index is 1.26. The number of unbranched alkanes of at least 4 members (excludes halogenated alkanes) is 6. The van der Waals surface area contributed by atoms with Crippen LogP contribution in [-0.2, 0) is 9.47 Å². The van der Waals surface area contributed by atoms with Gasteiger partial charge in [-0.05, 0) is 97.7 Å². The van der Waals surface area contributed by atoms with E-state index in [0.717, 1.165) is 67.6 Å². The maximum atomic E-state index is 12.4. The quantitative estimate of drug-likeness (QED) is 0.121. The van der Waals surface area contributed by atoms with Crippen LogP contribution in [0.4, 0.5) is 4.79 Å². The van der Waals surface area contributed by atoms with Gasteiger partial charge < -0.3 is 9.47 Å². The van der Waals surface area contributed by atoms with Crippen LogP contribution in [0.3, 0.4) is 0 Å². The predicted molar refractivity (Wildman–Crippen MR) is 167 cm³/mol. The van der Waals surface area contributed by atoms with Crippen molar-refractivity contribution in [3.05, 3.63) is 11.6 Å². The van der Waals surface area contributed by atoms with E-state index in [1.165, 1.54) is 83.5 Å². The van der Waals surface area contributed by atoms with E-state index in [4.69, 9.17) is 9.47 Å². The highest BCUT2D eigenvalue weighted by Crippen LogP contribution is 2.67. The van der Waals surface area contributed by atoms with Crippen LogP contribution >= 0.6 is 0 Å². The largest absolute Gasteiger partial charge is 0.508 e. The summed E-state index contributed by atoms with van der Waals surface area (Å²) in [4.78, 5) is 12.4. The van der Waals surface area contributed by atoms with E-state index in [9.17, 15) is 4.79 Å². The molecule has 0 radical (unpaired) electrons. The molecular weight excluding hydrogens is 492 g/mol. The molecule has 3 fully saturated rings. The van der Waals surface area contributed by atoms with Crippen molar-refractivity contribution >= 4 is 6.16 Å². The van der Waals surface area contributed by atoms with Gasteiger partial charge in [0.25, 0.3) is 0 Å². The van der Waals surface area contributed by atoms with Crippen LogP contribution in [0.15, 0.2) is 11.6 Å². The van der Waals surface area contributed by atoms with Gasteiger partial charge in [0.05, 0.1) is 6.61 Å². The molecule has 3 nitrogen and oxygen atoms in total. The smallest absolute Gasteiger partial charge is 0.434 e. The first-order valence-corrected chi connectivity index (χ1v) is 17.7. The van der Waals surface area contributed by atoms with Gasteiger partial charge in [-0.3, -0.25) is 0 Å². The first-order valence-electron chi connectivity index (χ1n) is 17.7. The number of ether oxygens (including phenoxy) is 2. The summed E-state index contributed by atoms with van der Waals surface area (Å²) >= 11 is 0. The number of hydrogen-bond donors (Lipinski definition) is 0. The lowest BCUT2D eigenvalue weighted by Crippen LogP contribution is -2.51. The van der Waals surface area contributed by atoms with E-state index in [1.807, 2.05) is 0 Å². The summed E-state index contributed by atoms with van der Waals surface area (Å²) in [7, 11) is 0. The number of allylic oxidation sites excluding steroid dienone is 1. The van der Waals surface area contributed by atoms with Crippen molar-refractivity contribution in [3.63, 3.8) is 0 Å². The van der Waals surface area contributed by atoms with Gasteiger partial charge in [-0.2, -0.15) is 0 Å². The van der Waals surface area contributed by atoms with Gasteiger partial charge in [0.15, 0.2) is 0 Å². The first kappa shape index (κ1) is 31.9. The minimum atomic E-state index is -0.443. The van der Waals surface area contributed by atoms with Crippen molar-refractivity contribution in [1.82, 2.24) is 0 Å². The summed E-state index contributed by atoms with van der Waals surface area (Å²) in [6.45, 7) is 15.3. The third-order valence-electron chi connectivity index (χ3n) is 12.5. The summed E-state index contributed by atoms with van der Waals surface area (Å²) in [5, 5.41) is 0. The molecule has 0 spiro atoms. The summed E-state index contributed by atoms with van der Waals surface area (Å²) < 4.78 is 11.3. The summed E-state index contributed by atoms with van der Waals surface area (Å²) in [6, 6.07) is 0. The molecule has 0 N–H and O–H groups in total. The van der Waals surface area contributed by atoms with Gasteiger partial charge in [0, 0.05) is 6.42 Å². The Bertz CT molecular complexity index is 831. The zero-order valence-corrected chi connectivity index (χ0v) is 27.3. The average Bonchev–Trinajstić information content (AvgIpc) is 3.27. The molecule has 0 heterocycles. The van der Waals surface area contributed by atoms with Gasteiger partial charge in [0.2, 0.25) is 0 Å². The minimum Gasteiger partial charge on any atom is -0.434 e. The van der Waals surface area contributed by atoms with Crippen LogP contribution in [0.2, 0.25) is 0 Å². The molecular formula is C37H64O3. The van der Waals surface area contributed by atoms with Gasteiger partial charge in [-0.1, -0.05) is 111 Å². The molecule has 4 aliphatic rings. The second-order valence-corrected chi connectivity index (χ2v) is 15.5. The second kappa shape index (κ2) is 14.5. The van der Waals surface area contributed by atoms with Crippen LogP contribution in [0.25, 0.3) is 0 Å². The molecule has 0 amide bonds. The molecule has 0 aromatic rings. The van der Waals surface area contributed by atoms with Crippen LogP contribution in [0.5, 0.6) is 0 Å². The highest BCUT2D eigenvalue weighted by atomic mass is 16.7. The van der Waals surface area contributed by atoms with Crippen molar-refractivity contribution in [2.24, 2.45) is 46.3 Å². The van der Waals surface area contributed by atoms with Gasteiger partial charge in [-0.25, -0.2) is 4.79 Å². The van der Waals surface area contributed by atoms with Crippen molar-refractivity contribution in [3.8, 4) is 0 Å². The van der Waals surface area contributed by atoms with Crippen LogP contribution < -0.4 is 0 Å². The maximum Gasteiger partial charge on any atom is 0.508 e. The fourth-order valence-electron chi connectivity index (χ4n) is 10.1. The normalized spacial score (nSPS) is 35.9. The zero-order valence-electron chi connectivity index (χ0n) is 27.3. The predicted octanol–water partition coefficient (Wildman–Crippen LogP) is 11.3. The second-order valence-electron chi connectivity index (χ2n) is 15.5. The summed E-state index contributed by atoms with van der Waals surface area (Å²) in [5.41, 5.74) is 2.43. The Labute approximate surface area is 248 Å². The van der Waals surface area contributed by atoms with Crippen molar-refractivity contribution in [2.75, 3.05) is 6.61 Å². The third-order valence-corrected chi connectivity index (χ3v) is 12.5. The molecule has 0 aliphatic heterocycles. The topological polar surface area (TPSA) is 35.5 Å². The molecule has 40 heavy (non-hydrogen) atoms. The lowest BCUT2D eigenvalue weighted by molar-refractivity contribution is -0.0617. The standard InChI is InChI=1S/C37H64O3/c1-7-8-9-10-11-12-13-25-39-35(38)40-30-21-23-36(5)29(26-30)17-18-31-33-20-19-32(28(4)16-14-15-27(2)3)37(33,6)24-22-34(31)36/h17,27-28,30-34H,7-16,18-26H2,1-6H3/t28?,30?,31?,32?,33?,34?,36-,37+/m0/s1. The zero-order chi connectivity index (χ0) is 28.8. The molecule has 0 aromatic carbocycles. The lowest BCUT2D eigenvalue weighted by atomic mass is 9.47. The van der Waals surface area contributed by atoms with E-state index in [-0.39, 0.29) is 6.10 Å². The molecule has 8 atom stereocenters. The van der Waals surface area contributed by atoms with Gasteiger partial charge >= 0.3 is 6.16 Å². The number of fused-ring (bicyclic) bond motifs is 5. The lowest BCUT2D eigenvalue weighted by Gasteiger charge is -2.58. The molecule has 0 bridgehead atoms. The molecule has 4 aliphatic carbocycles. The third kappa shape index (κ3) is 7.31. The Morgan fingerprint density at radius 3 is 2.40 bits per heavy atom. The molecule has 3 saturated carbocycles. The first-order chi connectivity index (χ1) is 19.2. The number of carbonyl (C=O) groups is 1. The highest BCUT2D eigenvalue weighted by molar-refractivity contribution is 5.60. The SMILES string of the molecule is CCCCCCCCCOC(=O)OC1CC[C@@]2(C)C(=CCC3C4CCC(C(C)CCCC(C)C)[C@@]4(C)CCC32)C1. The molecule has 4 rings (SSSR count). The van der Waals surface area contributed by atoms with Crippen molar-refractivity contribution in [1.29, 1.82) is 0 Å². The van der Waals surface area contributed by atoms with Crippen LogP contribution in [0.1, 0.15) is 157 Å². The van der Waals surface area contributed by atoms with Crippen LogP contribution in [-0.4, -0.2) is 18.9 Å². The van der Waals surface area contributed by atoms with Gasteiger partial charge in [0.1, 0.15) is 6.10 Å². The van der Waals surface area contributed by atoms with E-state index >= 15 is 0 Å². The molecule has 0 aromatic heterocycles. The van der Waals surface area contributed by atoms with Crippen LogP contribution in [0, 0.1) is 46.3 Å². The van der Waals surface area contributed by atoms with Crippen molar-refractivity contribution < 1.29 is 14.3 Å². The molecule has 6 unspecified atom stereocenters. The fourth-order valence-corrected chi connectivity index (χ4v) is 10.1.